The number of anilines is 1. The maximum atomic E-state index is 14.2. The van der Waals surface area contributed by atoms with Crippen molar-refractivity contribution in [1.29, 1.82) is 0 Å². The second-order valence-corrected chi connectivity index (χ2v) is 13.5. The van der Waals surface area contributed by atoms with Gasteiger partial charge in [0.1, 0.15) is 11.8 Å². The van der Waals surface area contributed by atoms with Crippen LogP contribution in [0.2, 0.25) is 0 Å². The van der Waals surface area contributed by atoms with Crippen molar-refractivity contribution in [3.8, 4) is 34.1 Å². The molecule has 51 heavy (non-hydrogen) atoms. The summed E-state index contributed by atoms with van der Waals surface area (Å²) in [4.78, 5) is 44.2. The summed E-state index contributed by atoms with van der Waals surface area (Å²) in [5.74, 6) is 1.76. The van der Waals surface area contributed by atoms with Crippen LogP contribution in [0.25, 0.3) is 22.0 Å². The molecule has 1 unspecified atom stereocenters. The second kappa shape index (κ2) is 15.0. The molecular weight excluding hydrogens is 648 g/mol. The van der Waals surface area contributed by atoms with E-state index in [0.29, 0.717) is 42.1 Å². The van der Waals surface area contributed by atoms with Crippen molar-refractivity contribution in [3.63, 3.8) is 0 Å². The Labute approximate surface area is 298 Å². The van der Waals surface area contributed by atoms with E-state index in [1.54, 1.807) is 40.6 Å². The van der Waals surface area contributed by atoms with Gasteiger partial charge in [-0.3, -0.25) is 14.4 Å². The minimum Gasteiger partial charge on any atom is -0.497 e. The molecule has 0 fully saturated rings. The molecule has 2 amide bonds. The molecule has 0 saturated carbocycles. The largest absolute Gasteiger partial charge is 0.497 e. The number of aromatic amines is 1. The number of aryl methyl sites for hydroxylation is 2. The van der Waals surface area contributed by atoms with Crippen LogP contribution >= 0.6 is 0 Å². The Balaban J connectivity index is 1.39. The molecule has 4 atom stereocenters. The molecule has 0 bridgehead atoms. The average Bonchev–Trinajstić information content (AvgIpc) is 3.35. The summed E-state index contributed by atoms with van der Waals surface area (Å²) in [6.45, 7) is 5.51. The summed E-state index contributed by atoms with van der Waals surface area (Å²) >= 11 is 0. The van der Waals surface area contributed by atoms with Gasteiger partial charge in [0.15, 0.2) is 11.5 Å². The Morgan fingerprint density at radius 2 is 1.69 bits per heavy atom. The molecule has 3 aromatic carbocycles. The van der Waals surface area contributed by atoms with E-state index in [-0.39, 0.29) is 34.9 Å². The fourth-order valence-electron chi connectivity index (χ4n) is 7.67. The first-order valence-electron chi connectivity index (χ1n) is 17.6. The minimum atomic E-state index is -0.683. The summed E-state index contributed by atoms with van der Waals surface area (Å²) in [7, 11) is 6.36. The zero-order valence-corrected chi connectivity index (χ0v) is 30.5. The van der Waals surface area contributed by atoms with Gasteiger partial charge in [-0.25, -0.2) is 0 Å². The first-order valence-corrected chi connectivity index (χ1v) is 17.6. The number of fused-ring (bicyclic) bond motifs is 6. The van der Waals surface area contributed by atoms with E-state index in [4.69, 9.17) is 18.9 Å². The minimum absolute atomic E-state index is 0.0903. The fraction of sp³-hybridized carbons (Fsp3) is 0.425. The lowest BCUT2D eigenvalue weighted by molar-refractivity contribution is -0.123. The van der Waals surface area contributed by atoms with Crippen LogP contribution in [0.15, 0.2) is 47.3 Å². The van der Waals surface area contributed by atoms with Crippen molar-refractivity contribution in [3.05, 3.63) is 75.1 Å². The van der Waals surface area contributed by atoms with Gasteiger partial charge in [0, 0.05) is 29.1 Å². The Bertz CT molecular complexity index is 2020. The van der Waals surface area contributed by atoms with Crippen molar-refractivity contribution in [2.75, 3.05) is 33.8 Å². The van der Waals surface area contributed by atoms with Crippen LogP contribution in [0.4, 0.5) is 5.69 Å². The van der Waals surface area contributed by atoms with Crippen molar-refractivity contribution in [2.24, 2.45) is 5.92 Å². The van der Waals surface area contributed by atoms with Gasteiger partial charge in [-0.2, -0.15) is 0 Å². The number of benzene rings is 2. The third kappa shape index (κ3) is 6.81. The zero-order valence-electron chi connectivity index (χ0n) is 30.5. The Hall–Kier alpha value is -5.19. The van der Waals surface area contributed by atoms with Crippen LogP contribution in [0, 0.1) is 5.92 Å². The monoisotopic (exact) mass is 696 g/mol. The van der Waals surface area contributed by atoms with E-state index in [0.717, 1.165) is 58.3 Å². The van der Waals surface area contributed by atoms with Crippen molar-refractivity contribution < 1.29 is 28.5 Å². The van der Waals surface area contributed by atoms with E-state index >= 15 is 0 Å². The predicted molar refractivity (Wildman–Crippen MR) is 198 cm³/mol. The van der Waals surface area contributed by atoms with Crippen molar-refractivity contribution in [2.45, 2.75) is 77.4 Å². The van der Waals surface area contributed by atoms with Gasteiger partial charge in [0.05, 0.1) is 46.2 Å². The number of hydrogen-bond acceptors (Lipinski definition) is 8. The Morgan fingerprint density at radius 3 is 2.37 bits per heavy atom. The van der Waals surface area contributed by atoms with Gasteiger partial charge in [-0.05, 0) is 96.7 Å². The maximum Gasteiger partial charge on any atom is 0.243 e. The molecule has 1 aromatic heterocycles. The number of nitrogens with one attached hydrogen (secondary N) is 4. The van der Waals surface area contributed by atoms with Crippen LogP contribution in [0.5, 0.6) is 23.0 Å². The Kier molecular flexibility index (Phi) is 10.5. The molecule has 4 N–H and O–H groups in total. The summed E-state index contributed by atoms with van der Waals surface area (Å²) < 4.78 is 22.8. The van der Waals surface area contributed by atoms with Gasteiger partial charge >= 0.3 is 0 Å². The molecule has 270 valence electrons. The number of H-pyrrole nitrogens is 1. The number of hydrogen-bond donors (Lipinski definition) is 4. The van der Waals surface area contributed by atoms with Crippen LogP contribution in [-0.2, 0) is 22.4 Å². The van der Waals surface area contributed by atoms with Crippen molar-refractivity contribution >= 4 is 28.4 Å². The van der Waals surface area contributed by atoms with E-state index < -0.39 is 12.1 Å². The highest BCUT2D eigenvalue weighted by atomic mass is 16.5. The smallest absolute Gasteiger partial charge is 0.243 e. The van der Waals surface area contributed by atoms with E-state index in [1.165, 1.54) is 12.5 Å². The average molecular weight is 697 g/mol. The predicted octanol–water partition coefficient (Wildman–Crippen LogP) is 6.37. The number of carbonyl (C=O) groups is 2. The van der Waals surface area contributed by atoms with E-state index in [2.05, 4.69) is 20.9 Å². The van der Waals surface area contributed by atoms with Gasteiger partial charge in [0.2, 0.25) is 23.0 Å². The van der Waals surface area contributed by atoms with E-state index in [9.17, 15) is 14.4 Å². The normalized spacial score (nSPS) is 17.5. The summed E-state index contributed by atoms with van der Waals surface area (Å²) in [5.41, 5.74) is 6.30. The fourth-order valence-corrected chi connectivity index (χ4v) is 7.67. The molecule has 6 rings (SSSR count). The lowest BCUT2D eigenvalue weighted by atomic mass is 9.90. The van der Waals surface area contributed by atoms with Crippen molar-refractivity contribution in [1.82, 2.24) is 15.6 Å². The van der Waals surface area contributed by atoms with Gasteiger partial charge in [-0.1, -0.05) is 26.3 Å². The topological polar surface area (TPSA) is 140 Å². The standard InChI is InChI=1S/C40H48N4O7/c1-8-21(2)36(40(47)44-32-11-9-10-26-27-19-24(48-4)13-16-30(27)42-37(26)32)43-31-17-14-25-28(20-33(31)46)29(41-22(3)45)15-12-23-18-34(49-5)38(50-6)39(51-7)35(23)25/h13-14,16-21,29,32,36,42H,8-12,15H2,1-7H3,(H,41,45)(H,43,46)(H,44,47)/t21-,29+,32?,36+/m1/s1. The number of aromatic nitrogens is 1. The quantitative estimate of drug-likeness (QED) is 0.142. The van der Waals surface area contributed by atoms with Crippen LogP contribution in [-0.4, -0.2) is 51.3 Å². The third-order valence-electron chi connectivity index (χ3n) is 10.5. The highest BCUT2D eigenvalue weighted by Gasteiger charge is 2.32. The van der Waals surface area contributed by atoms with E-state index in [1.807, 2.05) is 44.2 Å². The number of ether oxygens (including phenoxy) is 4. The molecule has 0 spiro atoms. The highest BCUT2D eigenvalue weighted by Crippen LogP contribution is 2.50. The summed E-state index contributed by atoms with van der Waals surface area (Å²) in [5, 5.41) is 10.8. The molecule has 4 aromatic rings. The maximum absolute atomic E-state index is 14.2. The number of methoxy groups -OCH3 is 4. The first kappa shape index (κ1) is 35.6. The van der Waals surface area contributed by atoms with Crippen LogP contribution in [0.1, 0.15) is 80.9 Å². The van der Waals surface area contributed by atoms with Gasteiger partial charge < -0.3 is 39.9 Å². The number of rotatable bonds is 11. The summed E-state index contributed by atoms with van der Waals surface area (Å²) in [6, 6.07) is 11.8. The SMILES string of the molecule is CC[C@@H](C)[C@H](Nc1ccc2c(cc1=O)[C@@H](NC(C)=O)CCc1cc(OC)c(OC)c(OC)c1-2)C(=O)NC1CCCc2c1[nH]c1ccc(OC)cc21. The molecule has 0 aliphatic heterocycles. The van der Waals surface area contributed by atoms with Crippen LogP contribution in [0.3, 0.4) is 0 Å². The third-order valence-corrected chi connectivity index (χ3v) is 10.5. The molecule has 2 aliphatic rings. The number of carbonyl (C=O) groups excluding carboxylic acids is 2. The lowest BCUT2D eigenvalue weighted by Crippen LogP contribution is -2.46. The molecule has 11 heteroatoms. The zero-order chi connectivity index (χ0) is 36.4. The molecular formula is C40H48N4O7. The molecule has 11 nitrogen and oxygen atoms in total. The molecule has 1 heterocycles. The molecule has 2 aliphatic carbocycles. The van der Waals surface area contributed by atoms with Gasteiger partial charge in [0.25, 0.3) is 0 Å². The van der Waals surface area contributed by atoms with Gasteiger partial charge in [-0.15, -0.1) is 0 Å². The first-order chi connectivity index (χ1) is 24.6. The molecule has 0 saturated heterocycles. The second-order valence-electron chi connectivity index (χ2n) is 13.5. The lowest BCUT2D eigenvalue weighted by Gasteiger charge is -2.29. The Morgan fingerprint density at radius 1 is 0.902 bits per heavy atom. The molecule has 0 radical (unpaired) electrons. The highest BCUT2D eigenvalue weighted by molar-refractivity contribution is 5.89. The number of amides is 2. The van der Waals surface area contributed by atoms with Crippen LogP contribution < -0.4 is 40.3 Å². The summed E-state index contributed by atoms with van der Waals surface area (Å²) in [6.07, 6.45) is 4.51.